The highest BCUT2D eigenvalue weighted by molar-refractivity contribution is 5.99. The van der Waals surface area contributed by atoms with Crippen LogP contribution in [-0.4, -0.2) is 28.5 Å². The van der Waals surface area contributed by atoms with Gasteiger partial charge in [-0.05, 0) is 39.3 Å². The minimum atomic E-state index is -0.719. The predicted octanol–water partition coefficient (Wildman–Crippen LogP) is 1.51. The number of carbonyl (C=O) groups is 2. The standard InChI is InChI=1S/C14H21N3O3/c1-5-10(13(19)20-14(2,3)4)17-12(18)11-9(15)7-6-8-16-11/h6-8,10H,5,15H2,1-4H3,(H,17,18)/t10-/m0/s1. The quantitative estimate of drug-likeness (QED) is 0.815. The fourth-order valence-corrected chi connectivity index (χ4v) is 1.53. The zero-order valence-corrected chi connectivity index (χ0v) is 12.3. The number of nitrogens with two attached hydrogens (primary N) is 1. The largest absolute Gasteiger partial charge is 0.458 e. The third kappa shape index (κ3) is 4.53. The molecule has 20 heavy (non-hydrogen) atoms. The number of hydrogen-bond acceptors (Lipinski definition) is 5. The summed E-state index contributed by atoms with van der Waals surface area (Å²) in [6.45, 7) is 7.11. The number of hydrogen-bond donors (Lipinski definition) is 2. The van der Waals surface area contributed by atoms with E-state index in [1.54, 1.807) is 39.8 Å². The Labute approximate surface area is 118 Å². The highest BCUT2D eigenvalue weighted by Gasteiger charge is 2.26. The van der Waals surface area contributed by atoms with E-state index < -0.39 is 23.5 Å². The summed E-state index contributed by atoms with van der Waals surface area (Å²) in [5.74, 6) is -0.955. The Morgan fingerprint density at radius 3 is 2.60 bits per heavy atom. The van der Waals surface area contributed by atoms with Gasteiger partial charge >= 0.3 is 5.97 Å². The number of esters is 1. The van der Waals surface area contributed by atoms with Gasteiger partial charge in [0, 0.05) is 6.20 Å². The van der Waals surface area contributed by atoms with Crippen molar-refractivity contribution < 1.29 is 14.3 Å². The Kier molecular flexibility index (Phi) is 5.07. The zero-order valence-electron chi connectivity index (χ0n) is 12.3. The van der Waals surface area contributed by atoms with E-state index in [0.29, 0.717) is 6.42 Å². The molecule has 0 unspecified atom stereocenters. The molecular weight excluding hydrogens is 258 g/mol. The van der Waals surface area contributed by atoms with E-state index in [4.69, 9.17) is 10.5 Å². The van der Waals surface area contributed by atoms with Crippen LogP contribution in [0.15, 0.2) is 18.3 Å². The molecule has 6 nitrogen and oxygen atoms in total. The lowest BCUT2D eigenvalue weighted by Gasteiger charge is -2.23. The summed E-state index contributed by atoms with van der Waals surface area (Å²) in [6.07, 6.45) is 1.90. The first-order chi connectivity index (χ1) is 9.24. The smallest absolute Gasteiger partial charge is 0.329 e. The van der Waals surface area contributed by atoms with Gasteiger partial charge in [0.15, 0.2) is 5.69 Å². The summed E-state index contributed by atoms with van der Waals surface area (Å²) < 4.78 is 5.25. The van der Waals surface area contributed by atoms with Crippen molar-refractivity contribution in [2.24, 2.45) is 0 Å². The minimum Gasteiger partial charge on any atom is -0.458 e. The fourth-order valence-electron chi connectivity index (χ4n) is 1.53. The van der Waals surface area contributed by atoms with Gasteiger partial charge in [0.1, 0.15) is 11.6 Å². The van der Waals surface area contributed by atoms with Gasteiger partial charge in [0.05, 0.1) is 5.69 Å². The van der Waals surface area contributed by atoms with Crippen molar-refractivity contribution in [1.82, 2.24) is 10.3 Å². The molecule has 1 aromatic heterocycles. The van der Waals surface area contributed by atoms with Gasteiger partial charge < -0.3 is 15.8 Å². The number of nitrogens with one attached hydrogen (secondary N) is 1. The first-order valence-electron chi connectivity index (χ1n) is 6.49. The molecule has 1 amide bonds. The highest BCUT2D eigenvalue weighted by Crippen LogP contribution is 2.11. The maximum Gasteiger partial charge on any atom is 0.329 e. The first-order valence-corrected chi connectivity index (χ1v) is 6.49. The van der Waals surface area contributed by atoms with E-state index >= 15 is 0 Å². The molecule has 0 aliphatic heterocycles. The number of rotatable bonds is 4. The molecule has 1 heterocycles. The second kappa shape index (κ2) is 6.36. The van der Waals surface area contributed by atoms with Gasteiger partial charge in [-0.25, -0.2) is 9.78 Å². The molecule has 0 saturated carbocycles. The van der Waals surface area contributed by atoms with Crippen LogP contribution in [0.3, 0.4) is 0 Å². The molecule has 1 atom stereocenters. The van der Waals surface area contributed by atoms with Crippen molar-refractivity contribution in [3.63, 3.8) is 0 Å². The van der Waals surface area contributed by atoms with E-state index in [1.165, 1.54) is 6.20 Å². The van der Waals surface area contributed by atoms with Crippen molar-refractivity contribution in [1.29, 1.82) is 0 Å². The van der Waals surface area contributed by atoms with Gasteiger partial charge in [0.2, 0.25) is 0 Å². The molecule has 0 saturated heterocycles. The third-order valence-electron chi connectivity index (χ3n) is 2.46. The predicted molar refractivity (Wildman–Crippen MR) is 76.0 cm³/mol. The van der Waals surface area contributed by atoms with Gasteiger partial charge in [-0.1, -0.05) is 6.92 Å². The number of amides is 1. The van der Waals surface area contributed by atoms with Gasteiger partial charge in [-0.3, -0.25) is 4.79 Å². The molecule has 1 aromatic rings. The molecule has 0 fully saturated rings. The molecular formula is C14H21N3O3. The van der Waals surface area contributed by atoms with Gasteiger partial charge in [-0.2, -0.15) is 0 Å². The van der Waals surface area contributed by atoms with E-state index in [0.717, 1.165) is 0 Å². The van der Waals surface area contributed by atoms with Crippen LogP contribution in [0.2, 0.25) is 0 Å². The highest BCUT2D eigenvalue weighted by atomic mass is 16.6. The molecule has 0 aliphatic rings. The van der Waals surface area contributed by atoms with Crippen molar-refractivity contribution >= 4 is 17.6 Å². The van der Waals surface area contributed by atoms with Crippen LogP contribution >= 0.6 is 0 Å². The summed E-state index contributed by atoms with van der Waals surface area (Å²) in [4.78, 5) is 27.9. The van der Waals surface area contributed by atoms with Crippen LogP contribution in [0.5, 0.6) is 0 Å². The summed E-state index contributed by atoms with van der Waals surface area (Å²) in [6, 6.07) is 2.50. The Bertz CT molecular complexity index is 495. The third-order valence-corrected chi connectivity index (χ3v) is 2.46. The second-order valence-electron chi connectivity index (χ2n) is 5.41. The van der Waals surface area contributed by atoms with E-state index in [2.05, 4.69) is 10.3 Å². The number of carbonyl (C=O) groups excluding carboxylic acids is 2. The van der Waals surface area contributed by atoms with Crippen LogP contribution in [0.4, 0.5) is 5.69 Å². The molecule has 110 valence electrons. The average Bonchev–Trinajstić information content (AvgIpc) is 2.33. The Morgan fingerprint density at radius 1 is 1.45 bits per heavy atom. The molecule has 0 spiro atoms. The van der Waals surface area contributed by atoms with E-state index in [-0.39, 0.29) is 11.4 Å². The van der Waals surface area contributed by atoms with Crippen molar-refractivity contribution in [3.05, 3.63) is 24.0 Å². The molecule has 1 rings (SSSR count). The van der Waals surface area contributed by atoms with Crippen molar-refractivity contribution in [2.75, 3.05) is 5.73 Å². The van der Waals surface area contributed by atoms with Crippen LogP contribution in [0.25, 0.3) is 0 Å². The lowest BCUT2D eigenvalue weighted by Crippen LogP contribution is -2.44. The number of ether oxygens (including phenoxy) is 1. The van der Waals surface area contributed by atoms with Crippen molar-refractivity contribution in [2.45, 2.75) is 45.8 Å². The topological polar surface area (TPSA) is 94.3 Å². The zero-order chi connectivity index (χ0) is 15.3. The Morgan fingerprint density at radius 2 is 2.10 bits per heavy atom. The number of nitrogens with zero attached hydrogens (tertiary/aromatic N) is 1. The second-order valence-corrected chi connectivity index (χ2v) is 5.41. The average molecular weight is 279 g/mol. The summed E-state index contributed by atoms with van der Waals surface area (Å²) in [5.41, 5.74) is 5.45. The number of aromatic nitrogens is 1. The molecule has 6 heteroatoms. The van der Waals surface area contributed by atoms with Crippen LogP contribution in [0, 0.1) is 0 Å². The van der Waals surface area contributed by atoms with Crippen LogP contribution < -0.4 is 11.1 Å². The van der Waals surface area contributed by atoms with Crippen molar-refractivity contribution in [3.8, 4) is 0 Å². The molecule has 0 bridgehead atoms. The summed E-state index contributed by atoms with van der Waals surface area (Å²) >= 11 is 0. The Balaban J connectivity index is 2.77. The summed E-state index contributed by atoms with van der Waals surface area (Å²) in [7, 11) is 0. The molecule has 0 aromatic carbocycles. The normalized spacial score (nSPS) is 12.6. The van der Waals surface area contributed by atoms with Gasteiger partial charge in [0.25, 0.3) is 5.91 Å². The monoisotopic (exact) mass is 279 g/mol. The maximum atomic E-state index is 12.0. The lowest BCUT2D eigenvalue weighted by atomic mass is 10.1. The minimum absolute atomic E-state index is 0.106. The van der Waals surface area contributed by atoms with E-state index in [1.807, 2.05) is 0 Å². The fraction of sp³-hybridized carbons (Fsp3) is 0.500. The SMILES string of the molecule is CC[C@H](NC(=O)c1ncccc1N)C(=O)OC(C)(C)C. The lowest BCUT2D eigenvalue weighted by molar-refractivity contribution is -0.157. The van der Waals surface area contributed by atoms with Crippen LogP contribution in [-0.2, 0) is 9.53 Å². The molecule has 0 aliphatic carbocycles. The Hall–Kier alpha value is -2.11. The first kappa shape index (κ1) is 15.9. The van der Waals surface area contributed by atoms with Crippen LogP contribution in [0.1, 0.15) is 44.6 Å². The number of anilines is 1. The molecule has 3 N–H and O–H groups in total. The number of pyridine rings is 1. The molecule has 0 radical (unpaired) electrons. The van der Waals surface area contributed by atoms with Gasteiger partial charge in [-0.15, -0.1) is 0 Å². The number of nitrogen functional groups attached to an aromatic ring is 1. The summed E-state index contributed by atoms with van der Waals surface area (Å²) in [5, 5.41) is 2.59. The maximum absolute atomic E-state index is 12.0. The van der Waals surface area contributed by atoms with E-state index in [9.17, 15) is 9.59 Å².